The molecule has 0 saturated heterocycles. The number of hydrogen-bond acceptors (Lipinski definition) is 4. The molecule has 0 bridgehead atoms. The number of hydrogen-bond donors (Lipinski definition) is 1. The normalized spacial score (nSPS) is 11.7. The molecule has 0 aromatic carbocycles. The van der Waals surface area contributed by atoms with Gasteiger partial charge in [-0.15, -0.1) is 0 Å². The average Bonchev–Trinajstić information content (AvgIpc) is 2.77. The highest BCUT2D eigenvalue weighted by molar-refractivity contribution is 9.10. The summed E-state index contributed by atoms with van der Waals surface area (Å²) in [6.07, 6.45) is 1.67. The van der Waals surface area contributed by atoms with Crippen molar-refractivity contribution < 1.29 is 4.42 Å². The first-order chi connectivity index (χ1) is 9.34. The van der Waals surface area contributed by atoms with Crippen molar-refractivity contribution in [2.45, 2.75) is 40.0 Å². The first kappa shape index (κ1) is 15.0. The lowest BCUT2D eigenvalue weighted by atomic mass is 9.92. The standard InChI is InChI=1S/C15H20BrN3O/c1-6-17-13-10(16)12(15(3,4)5)18-14(19-13)11-9(2)7-8-20-11/h7-8H,6H2,1-5H3,(H,17,18,19). The van der Waals surface area contributed by atoms with Gasteiger partial charge in [0.05, 0.1) is 16.4 Å². The Balaban J connectivity index is 2.65. The van der Waals surface area contributed by atoms with E-state index in [1.54, 1.807) is 6.26 Å². The highest BCUT2D eigenvalue weighted by Gasteiger charge is 2.24. The predicted octanol–water partition coefficient (Wildman–Crippen LogP) is 4.54. The van der Waals surface area contributed by atoms with E-state index in [0.29, 0.717) is 5.82 Å². The Morgan fingerprint density at radius 3 is 2.50 bits per heavy atom. The molecule has 0 spiro atoms. The van der Waals surface area contributed by atoms with Gasteiger partial charge in [0, 0.05) is 12.0 Å². The van der Waals surface area contributed by atoms with Crippen molar-refractivity contribution in [3.8, 4) is 11.6 Å². The Morgan fingerprint density at radius 1 is 1.30 bits per heavy atom. The number of anilines is 1. The maximum absolute atomic E-state index is 5.52. The van der Waals surface area contributed by atoms with Gasteiger partial charge in [-0.05, 0) is 41.4 Å². The number of rotatable bonds is 3. The van der Waals surface area contributed by atoms with Crippen LogP contribution >= 0.6 is 15.9 Å². The summed E-state index contributed by atoms with van der Waals surface area (Å²) in [6, 6.07) is 1.92. The minimum Gasteiger partial charge on any atom is -0.461 e. The van der Waals surface area contributed by atoms with Crippen LogP contribution in [0, 0.1) is 6.92 Å². The zero-order valence-electron chi connectivity index (χ0n) is 12.5. The van der Waals surface area contributed by atoms with Crippen molar-refractivity contribution >= 4 is 21.7 Å². The Kier molecular flexibility index (Phi) is 4.18. The van der Waals surface area contributed by atoms with Gasteiger partial charge in [0.1, 0.15) is 5.82 Å². The molecule has 0 amide bonds. The Bertz CT molecular complexity index is 614. The summed E-state index contributed by atoms with van der Waals surface area (Å²) in [5, 5.41) is 3.27. The molecule has 2 aromatic rings. The first-order valence-electron chi connectivity index (χ1n) is 6.71. The highest BCUT2D eigenvalue weighted by atomic mass is 79.9. The molecule has 5 heteroatoms. The van der Waals surface area contributed by atoms with E-state index in [2.05, 4.69) is 47.0 Å². The molecule has 2 heterocycles. The molecule has 0 saturated carbocycles. The van der Waals surface area contributed by atoms with Gasteiger partial charge in [-0.3, -0.25) is 0 Å². The zero-order valence-corrected chi connectivity index (χ0v) is 14.1. The van der Waals surface area contributed by atoms with E-state index in [1.807, 2.05) is 19.9 Å². The van der Waals surface area contributed by atoms with E-state index in [0.717, 1.165) is 33.9 Å². The van der Waals surface area contributed by atoms with E-state index < -0.39 is 0 Å². The Labute approximate surface area is 128 Å². The maximum Gasteiger partial charge on any atom is 0.198 e. The molecular weight excluding hydrogens is 318 g/mol. The SMILES string of the molecule is CCNc1nc(-c2occc2C)nc(C(C)(C)C)c1Br. The van der Waals surface area contributed by atoms with Crippen LogP contribution in [0.1, 0.15) is 39.0 Å². The van der Waals surface area contributed by atoms with Crippen molar-refractivity contribution in [3.05, 3.63) is 28.1 Å². The van der Waals surface area contributed by atoms with Crippen LogP contribution in [0.25, 0.3) is 11.6 Å². The van der Waals surface area contributed by atoms with E-state index in [-0.39, 0.29) is 5.41 Å². The smallest absolute Gasteiger partial charge is 0.198 e. The zero-order chi connectivity index (χ0) is 14.9. The molecule has 4 nitrogen and oxygen atoms in total. The summed E-state index contributed by atoms with van der Waals surface area (Å²) in [5.41, 5.74) is 1.92. The summed E-state index contributed by atoms with van der Waals surface area (Å²) in [5.74, 6) is 2.15. The quantitative estimate of drug-likeness (QED) is 0.893. The van der Waals surface area contributed by atoms with Crippen molar-refractivity contribution in [3.63, 3.8) is 0 Å². The fraction of sp³-hybridized carbons (Fsp3) is 0.467. The van der Waals surface area contributed by atoms with Crippen molar-refractivity contribution in [2.24, 2.45) is 0 Å². The van der Waals surface area contributed by atoms with Gasteiger partial charge in [0.15, 0.2) is 11.6 Å². The van der Waals surface area contributed by atoms with Gasteiger partial charge < -0.3 is 9.73 Å². The van der Waals surface area contributed by atoms with Crippen LogP contribution in [0.15, 0.2) is 21.2 Å². The second kappa shape index (κ2) is 5.56. The van der Waals surface area contributed by atoms with Crippen LogP contribution in [0.3, 0.4) is 0 Å². The number of aryl methyl sites for hydroxylation is 1. The van der Waals surface area contributed by atoms with Crippen LogP contribution in [0.5, 0.6) is 0 Å². The third kappa shape index (κ3) is 2.87. The number of halogens is 1. The lowest BCUT2D eigenvalue weighted by Gasteiger charge is -2.21. The molecule has 0 aliphatic rings. The molecule has 108 valence electrons. The molecule has 0 fully saturated rings. The molecule has 2 rings (SSSR count). The van der Waals surface area contributed by atoms with Gasteiger partial charge in [-0.25, -0.2) is 9.97 Å². The van der Waals surface area contributed by atoms with E-state index in [4.69, 9.17) is 9.40 Å². The molecular formula is C15H20BrN3O. The number of nitrogens with zero attached hydrogens (tertiary/aromatic N) is 2. The third-order valence-electron chi connectivity index (χ3n) is 2.97. The molecule has 0 aliphatic carbocycles. The Morgan fingerprint density at radius 2 is 2.00 bits per heavy atom. The minimum atomic E-state index is -0.0822. The summed E-state index contributed by atoms with van der Waals surface area (Å²) in [6.45, 7) is 11.2. The number of furan rings is 1. The Hall–Kier alpha value is -1.36. The van der Waals surface area contributed by atoms with Crippen LogP contribution < -0.4 is 5.32 Å². The highest BCUT2D eigenvalue weighted by Crippen LogP contribution is 2.35. The summed E-state index contributed by atoms with van der Waals surface area (Å²) in [4.78, 5) is 9.27. The third-order valence-corrected chi connectivity index (χ3v) is 3.72. The lowest BCUT2D eigenvalue weighted by Crippen LogP contribution is -2.17. The van der Waals surface area contributed by atoms with Gasteiger partial charge in [0.2, 0.25) is 0 Å². The maximum atomic E-state index is 5.52. The topological polar surface area (TPSA) is 51.0 Å². The molecule has 0 atom stereocenters. The lowest BCUT2D eigenvalue weighted by molar-refractivity contribution is 0.554. The molecule has 0 radical (unpaired) electrons. The molecule has 2 aromatic heterocycles. The number of nitrogens with one attached hydrogen (secondary N) is 1. The molecule has 0 unspecified atom stereocenters. The molecule has 1 N–H and O–H groups in total. The fourth-order valence-corrected chi connectivity index (χ4v) is 2.84. The van der Waals surface area contributed by atoms with Gasteiger partial charge in [-0.2, -0.15) is 0 Å². The van der Waals surface area contributed by atoms with Crippen LogP contribution in [-0.2, 0) is 5.41 Å². The van der Waals surface area contributed by atoms with Gasteiger partial charge in [-0.1, -0.05) is 20.8 Å². The van der Waals surface area contributed by atoms with Crippen LogP contribution in [-0.4, -0.2) is 16.5 Å². The van der Waals surface area contributed by atoms with Crippen molar-refractivity contribution in [1.29, 1.82) is 0 Å². The molecule has 0 aliphatic heterocycles. The summed E-state index contributed by atoms with van der Waals surface area (Å²) in [7, 11) is 0. The summed E-state index contributed by atoms with van der Waals surface area (Å²) >= 11 is 3.62. The average molecular weight is 338 g/mol. The minimum absolute atomic E-state index is 0.0822. The monoisotopic (exact) mass is 337 g/mol. The largest absolute Gasteiger partial charge is 0.461 e. The molecule has 20 heavy (non-hydrogen) atoms. The van der Waals surface area contributed by atoms with Crippen LogP contribution in [0.4, 0.5) is 5.82 Å². The second-order valence-corrected chi connectivity index (χ2v) is 6.56. The van der Waals surface area contributed by atoms with Gasteiger partial charge in [0.25, 0.3) is 0 Å². The van der Waals surface area contributed by atoms with Crippen molar-refractivity contribution in [2.75, 3.05) is 11.9 Å². The fourth-order valence-electron chi connectivity index (χ4n) is 1.93. The second-order valence-electron chi connectivity index (χ2n) is 5.77. The van der Waals surface area contributed by atoms with Gasteiger partial charge >= 0.3 is 0 Å². The first-order valence-corrected chi connectivity index (χ1v) is 7.50. The predicted molar refractivity (Wildman–Crippen MR) is 85.0 cm³/mol. The van der Waals surface area contributed by atoms with Crippen molar-refractivity contribution in [1.82, 2.24) is 9.97 Å². The number of aromatic nitrogens is 2. The van der Waals surface area contributed by atoms with E-state index in [1.165, 1.54) is 0 Å². The summed E-state index contributed by atoms with van der Waals surface area (Å²) < 4.78 is 6.44. The van der Waals surface area contributed by atoms with Crippen LogP contribution in [0.2, 0.25) is 0 Å². The van der Waals surface area contributed by atoms with E-state index >= 15 is 0 Å². The van der Waals surface area contributed by atoms with E-state index in [9.17, 15) is 0 Å².